The highest BCUT2D eigenvalue weighted by Gasteiger charge is 2.25. The molecule has 6 nitrogen and oxygen atoms in total. The summed E-state index contributed by atoms with van der Waals surface area (Å²) in [6, 6.07) is 6.96. The molecule has 21 heavy (non-hydrogen) atoms. The lowest BCUT2D eigenvalue weighted by Gasteiger charge is -2.10. The first kappa shape index (κ1) is 14.9. The Bertz CT molecular complexity index is 649. The average Bonchev–Trinajstić information content (AvgIpc) is 2.76. The Morgan fingerprint density at radius 1 is 1.33 bits per heavy atom. The van der Waals surface area contributed by atoms with E-state index in [1.165, 1.54) is 0 Å². The number of amides is 2. The fourth-order valence-electron chi connectivity index (χ4n) is 1.68. The van der Waals surface area contributed by atoms with E-state index in [9.17, 15) is 9.59 Å². The molecular formula is C14H12N2O4S. The zero-order valence-electron chi connectivity index (χ0n) is 11.2. The largest absolute Gasteiger partial charge is 0.490 e. The summed E-state index contributed by atoms with van der Waals surface area (Å²) >= 11 is 0.852. The summed E-state index contributed by atoms with van der Waals surface area (Å²) in [5.41, 5.74) is 0.704. The van der Waals surface area contributed by atoms with Crippen molar-refractivity contribution in [2.75, 3.05) is 13.2 Å². The number of thioether (sulfide) groups is 1. The quantitative estimate of drug-likeness (QED) is 0.840. The molecule has 1 aliphatic heterocycles. The Balaban J connectivity index is 2.27. The van der Waals surface area contributed by atoms with Crippen molar-refractivity contribution in [3.8, 4) is 17.6 Å². The molecule has 7 heteroatoms. The Labute approximate surface area is 125 Å². The van der Waals surface area contributed by atoms with Gasteiger partial charge in [-0.05, 0) is 42.5 Å². The van der Waals surface area contributed by atoms with E-state index in [1.807, 2.05) is 13.0 Å². The maximum absolute atomic E-state index is 11.5. The number of hydrogen-bond acceptors (Lipinski definition) is 6. The van der Waals surface area contributed by atoms with Gasteiger partial charge in [0.2, 0.25) is 0 Å². The fraction of sp³-hybridized carbons (Fsp3) is 0.214. The number of nitrogens with one attached hydrogen (secondary N) is 1. The lowest BCUT2D eigenvalue weighted by Crippen LogP contribution is -2.17. The van der Waals surface area contributed by atoms with E-state index in [-0.39, 0.29) is 11.8 Å². The van der Waals surface area contributed by atoms with Gasteiger partial charge in [0.15, 0.2) is 18.1 Å². The lowest BCUT2D eigenvalue weighted by atomic mass is 10.2. The molecule has 2 rings (SSSR count). The first-order chi connectivity index (χ1) is 10.1. The summed E-state index contributed by atoms with van der Waals surface area (Å²) < 4.78 is 10.7. The van der Waals surface area contributed by atoms with Crippen LogP contribution in [0.1, 0.15) is 12.5 Å². The Morgan fingerprint density at radius 2 is 2.14 bits per heavy atom. The van der Waals surface area contributed by atoms with Crippen LogP contribution in [0, 0.1) is 11.3 Å². The van der Waals surface area contributed by atoms with Gasteiger partial charge in [-0.2, -0.15) is 5.26 Å². The Hall–Kier alpha value is -2.46. The molecule has 0 radical (unpaired) electrons. The number of benzene rings is 1. The van der Waals surface area contributed by atoms with Crippen LogP contribution >= 0.6 is 11.8 Å². The van der Waals surface area contributed by atoms with Gasteiger partial charge in [-0.25, -0.2) is 0 Å². The molecule has 1 fully saturated rings. The third-order valence-electron chi connectivity index (χ3n) is 2.50. The first-order valence-corrected chi connectivity index (χ1v) is 6.97. The average molecular weight is 304 g/mol. The highest BCUT2D eigenvalue weighted by molar-refractivity contribution is 8.18. The number of nitriles is 1. The van der Waals surface area contributed by atoms with E-state index in [1.54, 1.807) is 24.3 Å². The van der Waals surface area contributed by atoms with Crippen molar-refractivity contribution in [3.05, 3.63) is 28.7 Å². The second-order valence-corrected chi connectivity index (χ2v) is 4.95. The minimum atomic E-state index is -0.409. The maximum atomic E-state index is 11.5. The monoisotopic (exact) mass is 304 g/mol. The summed E-state index contributed by atoms with van der Waals surface area (Å²) in [4.78, 5) is 22.9. The van der Waals surface area contributed by atoms with Crippen LogP contribution in [-0.4, -0.2) is 24.4 Å². The molecule has 0 unspecified atom stereocenters. The van der Waals surface area contributed by atoms with Gasteiger partial charge in [-0.1, -0.05) is 6.07 Å². The molecule has 1 aliphatic rings. The van der Waals surface area contributed by atoms with Crippen molar-refractivity contribution in [2.24, 2.45) is 0 Å². The third-order valence-corrected chi connectivity index (χ3v) is 3.31. The van der Waals surface area contributed by atoms with Gasteiger partial charge in [0.05, 0.1) is 11.5 Å². The van der Waals surface area contributed by atoms with Crippen molar-refractivity contribution in [1.82, 2.24) is 5.32 Å². The van der Waals surface area contributed by atoms with Crippen molar-refractivity contribution in [1.29, 1.82) is 5.26 Å². The molecule has 0 spiro atoms. The van der Waals surface area contributed by atoms with Crippen LogP contribution in [0.5, 0.6) is 11.5 Å². The van der Waals surface area contributed by atoms with Crippen LogP contribution in [0.25, 0.3) is 6.08 Å². The maximum Gasteiger partial charge on any atom is 0.290 e. The van der Waals surface area contributed by atoms with Gasteiger partial charge in [0.25, 0.3) is 11.1 Å². The number of carbonyl (C=O) groups is 2. The summed E-state index contributed by atoms with van der Waals surface area (Å²) in [6.07, 6.45) is 1.60. The third kappa shape index (κ3) is 3.77. The van der Waals surface area contributed by atoms with Gasteiger partial charge < -0.3 is 9.47 Å². The SMILES string of the molecule is CCOc1cc(C=C2SC(=O)NC2=O)ccc1OCC#N. The minimum Gasteiger partial charge on any atom is -0.490 e. The van der Waals surface area contributed by atoms with E-state index >= 15 is 0 Å². The molecule has 2 amide bonds. The lowest BCUT2D eigenvalue weighted by molar-refractivity contribution is -0.115. The highest BCUT2D eigenvalue weighted by atomic mass is 32.2. The molecular weight excluding hydrogens is 292 g/mol. The van der Waals surface area contributed by atoms with E-state index in [0.29, 0.717) is 28.6 Å². The normalized spacial score (nSPS) is 15.7. The van der Waals surface area contributed by atoms with Crippen molar-refractivity contribution < 1.29 is 19.1 Å². The van der Waals surface area contributed by atoms with Gasteiger partial charge in [0.1, 0.15) is 6.07 Å². The smallest absolute Gasteiger partial charge is 0.290 e. The predicted molar refractivity (Wildman–Crippen MR) is 77.8 cm³/mol. The zero-order chi connectivity index (χ0) is 15.2. The van der Waals surface area contributed by atoms with Gasteiger partial charge in [-0.15, -0.1) is 0 Å². The Morgan fingerprint density at radius 3 is 2.76 bits per heavy atom. The van der Waals surface area contributed by atoms with Crippen molar-refractivity contribution in [3.63, 3.8) is 0 Å². The van der Waals surface area contributed by atoms with Crippen LogP contribution in [0.3, 0.4) is 0 Å². The molecule has 0 bridgehead atoms. The molecule has 0 atom stereocenters. The molecule has 108 valence electrons. The molecule has 0 saturated carbocycles. The minimum absolute atomic E-state index is 0.0761. The molecule has 0 aromatic heterocycles. The number of hydrogen-bond donors (Lipinski definition) is 1. The number of nitrogens with zero attached hydrogens (tertiary/aromatic N) is 1. The molecule has 1 aromatic carbocycles. The zero-order valence-corrected chi connectivity index (χ0v) is 12.0. The molecule has 1 saturated heterocycles. The second kappa shape index (κ2) is 6.81. The number of rotatable bonds is 5. The van der Waals surface area contributed by atoms with E-state index in [2.05, 4.69) is 5.32 Å². The number of imide groups is 1. The molecule has 1 N–H and O–H groups in total. The van der Waals surface area contributed by atoms with Crippen LogP contribution < -0.4 is 14.8 Å². The fourth-order valence-corrected chi connectivity index (χ4v) is 2.37. The standard InChI is InChI=1S/C14H12N2O4S/c1-2-19-11-7-9(3-4-10(11)20-6-5-15)8-12-13(17)16-14(18)21-12/h3-4,7-8H,2,6H2,1H3,(H,16,17,18). The number of carbonyl (C=O) groups excluding carboxylic acids is 2. The molecule has 1 heterocycles. The highest BCUT2D eigenvalue weighted by Crippen LogP contribution is 2.31. The van der Waals surface area contributed by atoms with Crippen molar-refractivity contribution >= 4 is 29.0 Å². The summed E-state index contributed by atoms with van der Waals surface area (Å²) in [5.74, 6) is 0.532. The van der Waals surface area contributed by atoms with Crippen LogP contribution in [-0.2, 0) is 4.79 Å². The van der Waals surface area contributed by atoms with E-state index < -0.39 is 5.91 Å². The number of ether oxygens (including phenoxy) is 2. The van der Waals surface area contributed by atoms with E-state index in [0.717, 1.165) is 11.8 Å². The van der Waals surface area contributed by atoms with Gasteiger partial charge in [-0.3, -0.25) is 14.9 Å². The summed E-state index contributed by atoms with van der Waals surface area (Å²) in [7, 11) is 0. The molecule has 0 aliphatic carbocycles. The Kier molecular flexibility index (Phi) is 4.85. The van der Waals surface area contributed by atoms with Crippen LogP contribution in [0.15, 0.2) is 23.1 Å². The predicted octanol–water partition coefficient (Wildman–Crippen LogP) is 2.31. The topological polar surface area (TPSA) is 88.4 Å². The molecule has 1 aromatic rings. The summed E-state index contributed by atoms with van der Waals surface area (Å²) in [5, 5.41) is 10.3. The van der Waals surface area contributed by atoms with Crippen molar-refractivity contribution in [2.45, 2.75) is 6.92 Å². The summed E-state index contributed by atoms with van der Waals surface area (Å²) in [6.45, 7) is 2.20. The van der Waals surface area contributed by atoms with E-state index in [4.69, 9.17) is 14.7 Å². The van der Waals surface area contributed by atoms with Crippen LogP contribution in [0.4, 0.5) is 4.79 Å². The second-order valence-electron chi connectivity index (χ2n) is 3.94. The van der Waals surface area contributed by atoms with Gasteiger partial charge in [0, 0.05) is 0 Å². The van der Waals surface area contributed by atoms with Gasteiger partial charge >= 0.3 is 0 Å². The first-order valence-electron chi connectivity index (χ1n) is 6.15. The van der Waals surface area contributed by atoms with Crippen LogP contribution in [0.2, 0.25) is 0 Å².